The maximum Gasteiger partial charge on any atom is 0.273 e. The first-order chi connectivity index (χ1) is 9.11. The van der Waals surface area contributed by atoms with Crippen LogP contribution in [-0.4, -0.2) is 34.9 Å². The minimum absolute atomic E-state index is 0. The molecule has 0 unspecified atom stereocenters. The summed E-state index contributed by atoms with van der Waals surface area (Å²) in [5.74, 6) is 0.722. The molecule has 114 valence electrons. The van der Waals surface area contributed by atoms with E-state index in [9.17, 15) is 4.79 Å². The Kier molecular flexibility index (Phi) is 6.92. The monoisotopic (exact) mass is 317 g/mol. The molecule has 1 aliphatic carbocycles. The Bertz CT molecular complexity index is 432. The lowest BCUT2D eigenvalue weighted by molar-refractivity contribution is 0.0730. The zero-order valence-electron chi connectivity index (χ0n) is 12.2. The molecule has 1 saturated carbocycles. The third-order valence-corrected chi connectivity index (χ3v) is 4.23. The fourth-order valence-corrected chi connectivity index (χ4v) is 2.82. The molecule has 0 saturated heterocycles. The van der Waals surface area contributed by atoms with Crippen molar-refractivity contribution in [3.63, 3.8) is 0 Å². The molecule has 1 fully saturated rings. The molecule has 2 N–H and O–H groups in total. The second-order valence-electron chi connectivity index (χ2n) is 5.58. The van der Waals surface area contributed by atoms with Gasteiger partial charge >= 0.3 is 0 Å². The van der Waals surface area contributed by atoms with Gasteiger partial charge in [0.15, 0.2) is 0 Å². The first-order valence-electron chi connectivity index (χ1n) is 7.07. The summed E-state index contributed by atoms with van der Waals surface area (Å²) in [7, 11) is 0. The van der Waals surface area contributed by atoms with Crippen molar-refractivity contribution in [3.05, 3.63) is 16.1 Å². The number of hydrogen-bond acceptors (Lipinski definition) is 4. The Morgan fingerprint density at radius 1 is 1.55 bits per heavy atom. The zero-order chi connectivity index (χ0) is 13.8. The van der Waals surface area contributed by atoms with E-state index in [1.165, 1.54) is 11.3 Å². The molecule has 1 heterocycles. The quantitative estimate of drug-likeness (QED) is 0.841. The molecule has 1 aromatic rings. The smallest absolute Gasteiger partial charge is 0.273 e. The summed E-state index contributed by atoms with van der Waals surface area (Å²) in [4.78, 5) is 18.9. The lowest BCUT2D eigenvalue weighted by Crippen LogP contribution is -2.34. The van der Waals surface area contributed by atoms with Crippen LogP contribution in [0.4, 0.5) is 0 Å². The van der Waals surface area contributed by atoms with Crippen molar-refractivity contribution < 1.29 is 4.79 Å². The minimum Gasteiger partial charge on any atom is -0.334 e. The van der Waals surface area contributed by atoms with E-state index in [1.807, 2.05) is 10.3 Å². The fourth-order valence-electron chi connectivity index (χ4n) is 2.03. The van der Waals surface area contributed by atoms with E-state index < -0.39 is 0 Å². The maximum absolute atomic E-state index is 12.5. The van der Waals surface area contributed by atoms with Gasteiger partial charge in [-0.05, 0) is 31.7 Å². The minimum atomic E-state index is 0. The number of nitrogens with zero attached hydrogens (tertiary/aromatic N) is 2. The zero-order valence-corrected chi connectivity index (χ0v) is 13.8. The molecule has 1 aromatic heterocycles. The topological polar surface area (TPSA) is 59.2 Å². The van der Waals surface area contributed by atoms with Gasteiger partial charge in [-0.15, -0.1) is 23.7 Å². The van der Waals surface area contributed by atoms with Crippen LogP contribution in [0.2, 0.25) is 0 Å². The molecule has 6 heteroatoms. The normalized spacial score (nSPS) is 14.2. The summed E-state index contributed by atoms with van der Waals surface area (Å²) in [5.41, 5.74) is 6.12. The number of carbonyl (C=O) groups excluding carboxylic acids is 1. The summed E-state index contributed by atoms with van der Waals surface area (Å²) >= 11 is 1.54. The van der Waals surface area contributed by atoms with Crippen LogP contribution in [0.25, 0.3) is 0 Å². The molecular weight excluding hydrogens is 294 g/mol. The highest BCUT2D eigenvalue weighted by molar-refractivity contribution is 7.09. The molecule has 0 atom stereocenters. The van der Waals surface area contributed by atoms with Crippen LogP contribution in [0.5, 0.6) is 0 Å². The number of carbonyl (C=O) groups is 1. The SMILES string of the molecule is CC(C)CCN(C(=O)c1csc(CCN)n1)C1CC1.Cl. The first-order valence-corrected chi connectivity index (χ1v) is 7.95. The molecule has 1 aliphatic rings. The lowest BCUT2D eigenvalue weighted by Gasteiger charge is -2.22. The van der Waals surface area contributed by atoms with Gasteiger partial charge in [-0.25, -0.2) is 4.98 Å². The average Bonchev–Trinajstić information content (AvgIpc) is 3.09. The number of nitrogens with two attached hydrogens (primary N) is 1. The second kappa shape index (κ2) is 7.96. The molecule has 0 spiro atoms. The third-order valence-electron chi connectivity index (χ3n) is 3.32. The Labute approximate surface area is 131 Å². The largest absolute Gasteiger partial charge is 0.334 e. The van der Waals surface area contributed by atoms with Crippen LogP contribution >= 0.6 is 23.7 Å². The standard InChI is InChI=1S/C14H23N3OS.ClH/c1-10(2)6-8-17(11-3-4-11)14(18)12-9-19-13(16-12)5-7-15;/h9-11H,3-8,15H2,1-2H3;1H. The molecule has 2 rings (SSSR count). The van der Waals surface area contributed by atoms with Crippen molar-refractivity contribution >= 4 is 29.7 Å². The van der Waals surface area contributed by atoms with Crippen LogP contribution in [-0.2, 0) is 6.42 Å². The molecule has 0 aliphatic heterocycles. The number of rotatable bonds is 7. The molecule has 0 aromatic carbocycles. The number of aromatic nitrogens is 1. The lowest BCUT2D eigenvalue weighted by atomic mass is 10.1. The second-order valence-corrected chi connectivity index (χ2v) is 6.52. The van der Waals surface area contributed by atoms with Gasteiger partial charge in [0, 0.05) is 24.4 Å². The molecule has 4 nitrogen and oxygen atoms in total. The first kappa shape index (κ1) is 17.4. The van der Waals surface area contributed by atoms with Crippen LogP contribution in [0.3, 0.4) is 0 Å². The number of amides is 1. The van der Waals surface area contributed by atoms with Gasteiger partial charge in [0.1, 0.15) is 5.69 Å². The van der Waals surface area contributed by atoms with E-state index in [2.05, 4.69) is 18.8 Å². The molecule has 0 radical (unpaired) electrons. The highest BCUT2D eigenvalue weighted by atomic mass is 35.5. The Hall–Kier alpha value is -0.650. The van der Waals surface area contributed by atoms with Crippen molar-refractivity contribution in [1.82, 2.24) is 9.88 Å². The van der Waals surface area contributed by atoms with Crippen molar-refractivity contribution in [1.29, 1.82) is 0 Å². The molecular formula is C14H24ClN3OS. The summed E-state index contributed by atoms with van der Waals surface area (Å²) < 4.78 is 0. The van der Waals surface area contributed by atoms with E-state index in [4.69, 9.17) is 5.73 Å². The predicted octanol–water partition coefficient (Wildman–Crippen LogP) is 2.72. The number of halogens is 1. The Morgan fingerprint density at radius 2 is 2.25 bits per heavy atom. The van der Waals surface area contributed by atoms with E-state index in [0.717, 1.165) is 37.2 Å². The van der Waals surface area contributed by atoms with Gasteiger partial charge in [-0.2, -0.15) is 0 Å². The third kappa shape index (κ3) is 4.72. The van der Waals surface area contributed by atoms with Gasteiger partial charge in [0.25, 0.3) is 5.91 Å². The van der Waals surface area contributed by atoms with Crippen LogP contribution in [0.15, 0.2) is 5.38 Å². The van der Waals surface area contributed by atoms with E-state index in [1.54, 1.807) is 0 Å². The van der Waals surface area contributed by atoms with Gasteiger partial charge in [-0.1, -0.05) is 13.8 Å². The summed E-state index contributed by atoms with van der Waals surface area (Å²) in [5, 5.41) is 2.84. The van der Waals surface area contributed by atoms with Crippen molar-refractivity contribution in [2.75, 3.05) is 13.1 Å². The maximum atomic E-state index is 12.5. The molecule has 1 amide bonds. The number of hydrogen-bond donors (Lipinski definition) is 1. The van der Waals surface area contributed by atoms with E-state index in [0.29, 0.717) is 24.2 Å². The number of thiazole rings is 1. The molecule has 0 bridgehead atoms. The van der Waals surface area contributed by atoms with Crippen LogP contribution in [0.1, 0.15) is 48.6 Å². The highest BCUT2D eigenvalue weighted by Crippen LogP contribution is 2.29. The average molecular weight is 318 g/mol. The summed E-state index contributed by atoms with van der Waals surface area (Å²) in [6.07, 6.45) is 4.10. The Balaban J connectivity index is 0.00000200. The van der Waals surface area contributed by atoms with Gasteiger partial charge in [0.05, 0.1) is 5.01 Å². The van der Waals surface area contributed by atoms with E-state index >= 15 is 0 Å². The van der Waals surface area contributed by atoms with Crippen molar-refractivity contribution in [2.45, 2.75) is 45.6 Å². The van der Waals surface area contributed by atoms with Gasteiger partial charge < -0.3 is 10.6 Å². The van der Waals surface area contributed by atoms with E-state index in [-0.39, 0.29) is 18.3 Å². The highest BCUT2D eigenvalue weighted by Gasteiger charge is 2.33. The summed E-state index contributed by atoms with van der Waals surface area (Å²) in [6, 6.07) is 0.450. The van der Waals surface area contributed by atoms with Crippen LogP contribution in [0, 0.1) is 5.92 Å². The van der Waals surface area contributed by atoms with Crippen molar-refractivity contribution in [2.24, 2.45) is 11.7 Å². The fraction of sp³-hybridized carbons (Fsp3) is 0.714. The Morgan fingerprint density at radius 3 is 2.80 bits per heavy atom. The van der Waals surface area contributed by atoms with Gasteiger partial charge in [0.2, 0.25) is 0 Å². The predicted molar refractivity (Wildman–Crippen MR) is 85.6 cm³/mol. The summed E-state index contributed by atoms with van der Waals surface area (Å²) in [6.45, 7) is 5.82. The van der Waals surface area contributed by atoms with Gasteiger partial charge in [-0.3, -0.25) is 4.79 Å². The van der Waals surface area contributed by atoms with Crippen molar-refractivity contribution in [3.8, 4) is 0 Å². The molecule has 20 heavy (non-hydrogen) atoms. The van der Waals surface area contributed by atoms with Crippen LogP contribution < -0.4 is 5.73 Å².